The van der Waals surface area contributed by atoms with E-state index in [9.17, 15) is 14.4 Å². The van der Waals surface area contributed by atoms with Gasteiger partial charge < -0.3 is 10.1 Å². The Morgan fingerprint density at radius 1 is 0.839 bits per heavy atom. The first-order chi connectivity index (χ1) is 15.1. The van der Waals surface area contributed by atoms with Gasteiger partial charge in [-0.3, -0.25) is 25.2 Å². The number of benzene rings is 2. The molecule has 3 N–H and O–H groups in total. The number of hydrazine groups is 1. The lowest BCUT2D eigenvalue weighted by Gasteiger charge is -2.12. The van der Waals surface area contributed by atoms with Gasteiger partial charge in [0, 0.05) is 18.5 Å². The van der Waals surface area contributed by atoms with Crippen molar-refractivity contribution in [3.63, 3.8) is 0 Å². The average molecular weight is 438 g/mol. The second kappa shape index (κ2) is 11.5. The van der Waals surface area contributed by atoms with Crippen LogP contribution in [-0.4, -0.2) is 30.9 Å². The van der Waals surface area contributed by atoms with E-state index in [1.165, 1.54) is 11.3 Å². The van der Waals surface area contributed by atoms with E-state index >= 15 is 0 Å². The highest BCUT2D eigenvalue weighted by Crippen LogP contribution is 2.29. The van der Waals surface area contributed by atoms with Gasteiger partial charge in [-0.05, 0) is 29.5 Å². The maximum absolute atomic E-state index is 12.0. The largest absolute Gasteiger partial charge is 0.483 e. The van der Waals surface area contributed by atoms with Crippen LogP contribution in [0, 0.1) is 0 Å². The van der Waals surface area contributed by atoms with Gasteiger partial charge in [-0.1, -0.05) is 54.6 Å². The normalized spacial score (nSPS) is 10.2. The second-order valence-electron chi connectivity index (χ2n) is 6.58. The van der Waals surface area contributed by atoms with Crippen molar-refractivity contribution in [2.75, 3.05) is 13.2 Å². The first-order valence-electron chi connectivity index (χ1n) is 9.80. The highest BCUT2D eigenvalue weighted by molar-refractivity contribution is 7.12. The van der Waals surface area contributed by atoms with Crippen LogP contribution in [0.4, 0.5) is 0 Å². The Balaban J connectivity index is 1.35. The lowest BCUT2D eigenvalue weighted by Crippen LogP contribution is -2.44. The maximum atomic E-state index is 12.0. The molecular formula is C23H23N3O4S. The number of ether oxygens (including phenoxy) is 1. The topological polar surface area (TPSA) is 96.5 Å². The molecule has 2 aromatic carbocycles. The van der Waals surface area contributed by atoms with Gasteiger partial charge in [-0.25, -0.2) is 0 Å². The van der Waals surface area contributed by atoms with E-state index in [0.29, 0.717) is 23.6 Å². The molecule has 160 valence electrons. The van der Waals surface area contributed by atoms with Crippen LogP contribution in [0.3, 0.4) is 0 Å². The van der Waals surface area contributed by atoms with E-state index in [1.54, 1.807) is 18.2 Å². The van der Waals surface area contributed by atoms with Crippen LogP contribution in [0.15, 0.2) is 72.1 Å². The molecule has 0 atom stereocenters. The first-order valence-corrected chi connectivity index (χ1v) is 10.7. The monoisotopic (exact) mass is 437 g/mol. The van der Waals surface area contributed by atoms with Crippen molar-refractivity contribution in [2.24, 2.45) is 0 Å². The molecule has 8 heteroatoms. The molecule has 3 aromatic rings. The number of amides is 3. The number of thiophene rings is 1. The van der Waals surface area contributed by atoms with E-state index < -0.39 is 5.91 Å². The van der Waals surface area contributed by atoms with E-state index in [4.69, 9.17) is 4.74 Å². The molecule has 3 amide bonds. The summed E-state index contributed by atoms with van der Waals surface area (Å²) in [7, 11) is 0. The van der Waals surface area contributed by atoms with Gasteiger partial charge >= 0.3 is 0 Å². The van der Waals surface area contributed by atoms with Crippen LogP contribution in [-0.2, 0) is 9.59 Å². The van der Waals surface area contributed by atoms with Crippen LogP contribution in [0.1, 0.15) is 22.5 Å². The molecule has 31 heavy (non-hydrogen) atoms. The number of hydrogen-bond donors (Lipinski definition) is 3. The van der Waals surface area contributed by atoms with Crippen molar-refractivity contribution in [1.82, 2.24) is 16.2 Å². The Morgan fingerprint density at radius 3 is 2.35 bits per heavy atom. The summed E-state index contributed by atoms with van der Waals surface area (Å²) in [5.41, 5.74) is 6.55. The van der Waals surface area contributed by atoms with Gasteiger partial charge in [0.2, 0.25) is 5.91 Å². The summed E-state index contributed by atoms with van der Waals surface area (Å²) in [4.78, 5) is 36.3. The summed E-state index contributed by atoms with van der Waals surface area (Å²) in [5.74, 6) is -0.390. The molecule has 7 nitrogen and oxygen atoms in total. The lowest BCUT2D eigenvalue weighted by atomic mass is 10.1. The minimum absolute atomic E-state index is 0.156. The molecule has 1 heterocycles. The Kier molecular flexibility index (Phi) is 8.19. The van der Waals surface area contributed by atoms with E-state index in [0.717, 1.165) is 11.1 Å². The van der Waals surface area contributed by atoms with Crippen LogP contribution >= 0.6 is 11.3 Å². The van der Waals surface area contributed by atoms with Crippen LogP contribution in [0.25, 0.3) is 11.1 Å². The summed E-state index contributed by atoms with van der Waals surface area (Å²) in [6, 6.07) is 20.7. The third-order valence-corrected chi connectivity index (χ3v) is 5.15. The highest BCUT2D eigenvalue weighted by atomic mass is 32.1. The number of para-hydroxylation sites is 1. The standard InChI is InChI=1S/C23H23N3O4S/c27-21(13-6-14-24-23(29)20-12-7-15-31-20)25-26-22(28)16-30-19-11-5-4-10-18(19)17-8-2-1-3-9-17/h1-5,7-12,15H,6,13-14,16H2,(H,24,29)(H,25,27)(H,26,28). The minimum atomic E-state index is -0.470. The molecule has 0 fully saturated rings. The third kappa shape index (κ3) is 6.97. The van der Waals surface area contributed by atoms with E-state index in [1.807, 2.05) is 53.9 Å². The zero-order chi connectivity index (χ0) is 21.9. The number of carbonyl (C=O) groups excluding carboxylic acids is 3. The van der Waals surface area contributed by atoms with Crippen LogP contribution in [0.2, 0.25) is 0 Å². The van der Waals surface area contributed by atoms with Crippen molar-refractivity contribution in [3.05, 3.63) is 77.0 Å². The zero-order valence-electron chi connectivity index (χ0n) is 16.8. The highest BCUT2D eigenvalue weighted by Gasteiger charge is 2.10. The average Bonchev–Trinajstić information content (AvgIpc) is 3.35. The Morgan fingerprint density at radius 2 is 1.58 bits per heavy atom. The molecule has 0 aliphatic rings. The van der Waals surface area contributed by atoms with Gasteiger partial charge in [0.15, 0.2) is 6.61 Å². The Bertz CT molecular complexity index is 1010. The molecule has 0 saturated heterocycles. The fourth-order valence-electron chi connectivity index (χ4n) is 2.78. The lowest BCUT2D eigenvalue weighted by molar-refractivity contribution is -0.130. The van der Waals surface area contributed by atoms with E-state index in [2.05, 4.69) is 16.2 Å². The summed E-state index contributed by atoms with van der Waals surface area (Å²) in [6.45, 7) is 0.137. The van der Waals surface area contributed by atoms with Gasteiger partial charge in [0.05, 0.1) is 4.88 Å². The molecule has 0 saturated carbocycles. The van der Waals surface area contributed by atoms with Gasteiger partial charge in [-0.15, -0.1) is 11.3 Å². The molecule has 1 aromatic heterocycles. The molecule has 0 aliphatic carbocycles. The second-order valence-corrected chi connectivity index (χ2v) is 7.53. The molecule has 3 rings (SSSR count). The maximum Gasteiger partial charge on any atom is 0.276 e. The predicted molar refractivity (Wildman–Crippen MR) is 120 cm³/mol. The number of rotatable bonds is 9. The smallest absolute Gasteiger partial charge is 0.276 e. The number of carbonyl (C=O) groups is 3. The summed E-state index contributed by atoms with van der Waals surface area (Å²) in [5, 5.41) is 4.58. The molecule has 0 aliphatic heterocycles. The summed E-state index contributed by atoms with van der Waals surface area (Å²) >= 11 is 1.36. The molecule has 0 radical (unpaired) electrons. The fraction of sp³-hybridized carbons (Fsp3) is 0.174. The Labute approximate surface area is 184 Å². The molecule has 0 bridgehead atoms. The fourth-order valence-corrected chi connectivity index (χ4v) is 3.42. The molecule has 0 unspecified atom stereocenters. The van der Waals surface area contributed by atoms with Gasteiger partial charge in [0.1, 0.15) is 5.75 Å². The van der Waals surface area contributed by atoms with Gasteiger partial charge in [0.25, 0.3) is 11.8 Å². The number of nitrogens with one attached hydrogen (secondary N) is 3. The Hall–Kier alpha value is -3.65. The number of hydrogen-bond acceptors (Lipinski definition) is 5. The SMILES string of the molecule is O=C(CCCNC(=O)c1cccs1)NNC(=O)COc1ccccc1-c1ccccc1. The summed E-state index contributed by atoms with van der Waals surface area (Å²) < 4.78 is 5.64. The predicted octanol–water partition coefficient (Wildman–Crippen LogP) is 3.15. The van der Waals surface area contributed by atoms with Crippen molar-refractivity contribution in [1.29, 1.82) is 0 Å². The van der Waals surface area contributed by atoms with Crippen molar-refractivity contribution in [2.45, 2.75) is 12.8 Å². The summed E-state index contributed by atoms with van der Waals surface area (Å²) in [6.07, 6.45) is 0.627. The van der Waals surface area contributed by atoms with Crippen LogP contribution < -0.4 is 20.9 Å². The van der Waals surface area contributed by atoms with Crippen molar-refractivity contribution in [3.8, 4) is 16.9 Å². The van der Waals surface area contributed by atoms with Gasteiger partial charge in [-0.2, -0.15) is 0 Å². The van der Waals surface area contributed by atoms with E-state index in [-0.39, 0.29) is 24.8 Å². The molecule has 0 spiro atoms. The minimum Gasteiger partial charge on any atom is -0.483 e. The third-order valence-electron chi connectivity index (χ3n) is 4.28. The quantitative estimate of drug-likeness (QED) is 0.354. The van der Waals surface area contributed by atoms with Crippen molar-refractivity contribution >= 4 is 29.1 Å². The van der Waals surface area contributed by atoms with Crippen LogP contribution in [0.5, 0.6) is 5.75 Å². The van der Waals surface area contributed by atoms with Crippen molar-refractivity contribution < 1.29 is 19.1 Å². The first kappa shape index (κ1) is 22.0. The zero-order valence-corrected chi connectivity index (χ0v) is 17.6. The molecular weight excluding hydrogens is 414 g/mol.